The number of aromatic hydroxyl groups is 1. The van der Waals surface area contributed by atoms with Crippen LogP contribution in [0.15, 0.2) is 30.6 Å². The number of fused-ring (bicyclic) bond motifs is 2. The van der Waals surface area contributed by atoms with Crippen molar-refractivity contribution in [1.29, 1.82) is 0 Å². The Morgan fingerprint density at radius 3 is 2.84 bits per heavy atom. The predicted molar refractivity (Wildman–Crippen MR) is 114 cm³/mol. The Kier molecular flexibility index (Phi) is 5.86. The number of aromatic nitrogens is 2. The summed E-state index contributed by atoms with van der Waals surface area (Å²) in [5.41, 5.74) is 0.542. The molecule has 4 atom stereocenters. The number of benzene rings is 1. The molecule has 31 heavy (non-hydrogen) atoms. The summed E-state index contributed by atoms with van der Waals surface area (Å²) in [6.45, 7) is 0. The Hall–Kier alpha value is -3.07. The van der Waals surface area contributed by atoms with Gasteiger partial charge in [0.25, 0.3) is 0 Å². The van der Waals surface area contributed by atoms with E-state index in [0.29, 0.717) is 18.3 Å². The molecule has 1 aromatic carbocycles. The Morgan fingerprint density at radius 1 is 1.32 bits per heavy atom. The molecule has 2 aromatic rings. The molecule has 0 radical (unpaired) electrons. The zero-order valence-electron chi connectivity index (χ0n) is 17.3. The first-order valence-corrected chi connectivity index (χ1v) is 10.2. The van der Waals surface area contributed by atoms with Gasteiger partial charge in [0, 0.05) is 43.4 Å². The van der Waals surface area contributed by atoms with Crippen LogP contribution in [-0.4, -0.2) is 59.4 Å². The summed E-state index contributed by atoms with van der Waals surface area (Å²) < 4.78 is 29.3. The average molecular weight is 429 g/mol. The number of alkyl halides is 1. The van der Waals surface area contributed by atoms with Gasteiger partial charge in [-0.3, -0.25) is 9.78 Å². The third-order valence-electron chi connectivity index (χ3n) is 6.10. The van der Waals surface area contributed by atoms with Gasteiger partial charge in [0.2, 0.25) is 5.91 Å². The van der Waals surface area contributed by atoms with Crippen molar-refractivity contribution in [2.75, 3.05) is 19.0 Å². The first kappa shape index (κ1) is 21.2. The molecule has 1 amide bonds. The Morgan fingerprint density at radius 2 is 2.13 bits per heavy atom. The number of carbonyl (C=O) groups excluding carboxylic acids is 1. The Bertz CT molecular complexity index is 998. The van der Waals surface area contributed by atoms with Crippen molar-refractivity contribution in [3.63, 3.8) is 0 Å². The molecule has 0 saturated carbocycles. The minimum absolute atomic E-state index is 0.0729. The number of hydrogen-bond acceptors (Lipinski definition) is 6. The first-order chi connectivity index (χ1) is 14.9. The number of likely N-dealkylation sites (N-methyl/N-ethyl adjacent to an activating group) is 1. The van der Waals surface area contributed by atoms with Crippen molar-refractivity contribution in [2.45, 2.75) is 43.6 Å². The van der Waals surface area contributed by atoms with Gasteiger partial charge in [-0.05, 0) is 37.5 Å². The number of hydrogen-bond donors (Lipinski definition) is 3. The van der Waals surface area contributed by atoms with Crippen LogP contribution >= 0.6 is 0 Å². The number of phenolic OH excluding ortho intramolecular Hbond substituents is 1. The normalized spacial score (nSPS) is 25.0. The highest BCUT2D eigenvalue weighted by Gasteiger charge is 2.43. The smallest absolute Gasteiger partial charge is 0.243 e. The van der Waals surface area contributed by atoms with Crippen LogP contribution in [0.4, 0.5) is 14.6 Å². The van der Waals surface area contributed by atoms with E-state index in [1.807, 2.05) is 0 Å². The molecule has 2 saturated heterocycles. The molecule has 164 valence electrons. The number of phenols is 1. The van der Waals surface area contributed by atoms with Crippen LogP contribution in [0.3, 0.4) is 0 Å². The van der Waals surface area contributed by atoms with Gasteiger partial charge in [-0.2, -0.15) is 0 Å². The predicted octanol–water partition coefficient (Wildman–Crippen LogP) is 2.41. The van der Waals surface area contributed by atoms with E-state index in [1.54, 1.807) is 11.9 Å². The molecule has 2 bridgehead atoms. The van der Waals surface area contributed by atoms with Gasteiger partial charge in [-0.25, -0.2) is 13.8 Å². The minimum atomic E-state index is -0.987. The third kappa shape index (κ3) is 4.23. The highest BCUT2D eigenvalue weighted by molar-refractivity contribution is 5.91. The van der Waals surface area contributed by atoms with Gasteiger partial charge < -0.3 is 20.6 Å². The Balaban J connectivity index is 1.53. The van der Waals surface area contributed by atoms with Gasteiger partial charge >= 0.3 is 0 Å². The molecule has 2 aliphatic rings. The van der Waals surface area contributed by atoms with E-state index >= 15 is 0 Å². The monoisotopic (exact) mass is 429 g/mol. The van der Waals surface area contributed by atoms with Gasteiger partial charge in [0.1, 0.15) is 23.6 Å². The van der Waals surface area contributed by atoms with Crippen molar-refractivity contribution in [3.8, 4) is 17.0 Å². The molecule has 0 aliphatic carbocycles. The van der Waals surface area contributed by atoms with Crippen LogP contribution in [-0.2, 0) is 4.79 Å². The number of rotatable bonds is 5. The van der Waals surface area contributed by atoms with E-state index in [4.69, 9.17) is 0 Å². The van der Waals surface area contributed by atoms with E-state index in [9.17, 15) is 18.7 Å². The molecule has 0 unspecified atom stereocenters. The molecular formula is C22H25F2N5O2. The topological polar surface area (TPSA) is 90.4 Å². The number of anilines is 1. The maximum absolute atomic E-state index is 14.8. The lowest BCUT2D eigenvalue weighted by Gasteiger charge is -2.38. The summed E-state index contributed by atoms with van der Waals surface area (Å²) in [5, 5.41) is 16.0. The SMILES string of the molecule is CNC(=O)/C=C/c1cc(O)c(-c2cnc(N(C)[C@H]3C[C@@H]4CC[C@@H](N4)[C@H]3F)cn2)cc1F. The fraction of sp³-hybridized carbons (Fsp3) is 0.409. The van der Waals surface area contributed by atoms with E-state index in [1.165, 1.54) is 37.7 Å². The second-order valence-corrected chi connectivity index (χ2v) is 8.00. The molecule has 2 aliphatic heterocycles. The lowest BCUT2D eigenvalue weighted by atomic mass is 9.96. The van der Waals surface area contributed by atoms with Crippen molar-refractivity contribution < 1.29 is 18.7 Å². The van der Waals surface area contributed by atoms with E-state index in [-0.39, 0.29) is 40.6 Å². The highest BCUT2D eigenvalue weighted by atomic mass is 19.1. The maximum atomic E-state index is 14.8. The fourth-order valence-corrected chi connectivity index (χ4v) is 4.32. The van der Waals surface area contributed by atoms with Crippen molar-refractivity contribution >= 4 is 17.8 Å². The van der Waals surface area contributed by atoms with Crippen LogP contribution < -0.4 is 15.5 Å². The zero-order valence-corrected chi connectivity index (χ0v) is 17.3. The number of amides is 1. The third-order valence-corrected chi connectivity index (χ3v) is 6.10. The Labute approximate surface area is 179 Å². The molecule has 3 N–H and O–H groups in total. The van der Waals surface area contributed by atoms with Crippen LogP contribution in [0, 0.1) is 5.82 Å². The standard InChI is InChI=1S/C22H25F2N5O2/c1-25-21(31)6-3-12-7-19(30)14(9-15(12)23)17-10-27-20(11-26-17)29(2)18-8-13-4-5-16(28-13)22(18)24/h3,6-7,9-11,13,16,18,22,28,30H,4-5,8H2,1-2H3,(H,25,31)/b6-3+/t13-,16+,18-,22+/m0/s1. The quantitative estimate of drug-likeness (QED) is 0.633. The number of piperidine rings is 1. The summed E-state index contributed by atoms with van der Waals surface area (Å²) in [7, 11) is 3.27. The second-order valence-electron chi connectivity index (χ2n) is 8.00. The number of carbonyl (C=O) groups is 1. The summed E-state index contributed by atoms with van der Waals surface area (Å²) >= 11 is 0. The van der Waals surface area contributed by atoms with Gasteiger partial charge in [-0.1, -0.05) is 0 Å². The summed E-state index contributed by atoms with van der Waals surface area (Å²) in [5.74, 6) is -0.665. The first-order valence-electron chi connectivity index (χ1n) is 10.2. The zero-order chi connectivity index (χ0) is 22.1. The fourth-order valence-electron chi connectivity index (χ4n) is 4.32. The average Bonchev–Trinajstić information content (AvgIpc) is 3.19. The van der Waals surface area contributed by atoms with Crippen LogP contribution in [0.2, 0.25) is 0 Å². The largest absolute Gasteiger partial charge is 0.507 e. The molecular weight excluding hydrogens is 404 g/mol. The molecule has 7 nitrogen and oxygen atoms in total. The number of nitrogens with zero attached hydrogens (tertiary/aromatic N) is 3. The van der Waals surface area contributed by atoms with Crippen molar-refractivity contribution in [2.24, 2.45) is 0 Å². The summed E-state index contributed by atoms with van der Waals surface area (Å²) in [6, 6.07) is 2.30. The second kappa shape index (κ2) is 8.58. The van der Waals surface area contributed by atoms with Crippen molar-refractivity contribution in [3.05, 3.63) is 42.0 Å². The minimum Gasteiger partial charge on any atom is -0.507 e. The van der Waals surface area contributed by atoms with Crippen LogP contribution in [0.5, 0.6) is 5.75 Å². The molecule has 3 heterocycles. The lowest BCUT2D eigenvalue weighted by Crippen LogP contribution is -2.55. The maximum Gasteiger partial charge on any atom is 0.243 e. The van der Waals surface area contributed by atoms with Gasteiger partial charge in [0.05, 0.1) is 24.1 Å². The summed E-state index contributed by atoms with van der Waals surface area (Å²) in [4.78, 5) is 21.8. The van der Waals surface area contributed by atoms with E-state index < -0.39 is 12.0 Å². The lowest BCUT2D eigenvalue weighted by molar-refractivity contribution is -0.115. The van der Waals surface area contributed by atoms with Crippen LogP contribution in [0.1, 0.15) is 24.8 Å². The van der Waals surface area contributed by atoms with Gasteiger partial charge in [0.15, 0.2) is 0 Å². The number of nitrogens with one attached hydrogen (secondary N) is 2. The summed E-state index contributed by atoms with van der Waals surface area (Å²) in [6.07, 6.45) is 6.94. The molecule has 9 heteroatoms. The molecule has 1 aromatic heterocycles. The molecule has 2 fully saturated rings. The van der Waals surface area contributed by atoms with Crippen molar-refractivity contribution in [1.82, 2.24) is 20.6 Å². The molecule has 4 rings (SSSR count). The van der Waals surface area contributed by atoms with E-state index in [2.05, 4.69) is 20.6 Å². The van der Waals surface area contributed by atoms with Gasteiger partial charge in [-0.15, -0.1) is 0 Å². The van der Waals surface area contributed by atoms with Crippen LogP contribution in [0.25, 0.3) is 17.3 Å². The molecule has 0 spiro atoms. The highest BCUT2D eigenvalue weighted by Crippen LogP contribution is 2.34. The number of halogens is 2. The van der Waals surface area contributed by atoms with E-state index in [0.717, 1.165) is 18.9 Å².